The molecular weight excluding hydrogens is 330 g/mol. The van der Waals surface area contributed by atoms with E-state index in [2.05, 4.69) is 34.5 Å². The number of carbonyl (C=O) groups is 2. The molecule has 0 spiro atoms. The minimum absolute atomic E-state index is 0.162. The number of benzene rings is 1. The molecule has 0 radical (unpaired) electrons. The zero-order chi connectivity index (χ0) is 19.0. The zero-order valence-electron chi connectivity index (χ0n) is 16.2. The number of rotatable bonds is 6. The summed E-state index contributed by atoms with van der Waals surface area (Å²) in [5.41, 5.74) is 0.805. The van der Waals surface area contributed by atoms with E-state index >= 15 is 0 Å². The minimum Gasteiger partial charge on any atom is -0.444 e. The molecule has 1 aromatic rings. The van der Waals surface area contributed by atoms with Crippen molar-refractivity contribution in [1.82, 2.24) is 15.1 Å². The molecule has 2 amide bonds. The smallest absolute Gasteiger partial charge is 0.407 e. The number of ether oxygens (including phenoxy) is 1. The van der Waals surface area contributed by atoms with Crippen molar-refractivity contribution in [3.8, 4) is 0 Å². The van der Waals surface area contributed by atoms with Gasteiger partial charge in [0, 0.05) is 45.7 Å². The second-order valence-corrected chi connectivity index (χ2v) is 7.67. The van der Waals surface area contributed by atoms with E-state index in [4.69, 9.17) is 4.74 Å². The Labute approximate surface area is 156 Å². The Morgan fingerprint density at radius 3 is 2.35 bits per heavy atom. The average Bonchev–Trinajstić information content (AvgIpc) is 2.58. The van der Waals surface area contributed by atoms with Crippen molar-refractivity contribution in [3.63, 3.8) is 0 Å². The van der Waals surface area contributed by atoms with E-state index in [0.29, 0.717) is 19.4 Å². The molecule has 1 aromatic carbocycles. The van der Waals surface area contributed by atoms with Gasteiger partial charge in [0.15, 0.2) is 0 Å². The lowest BCUT2D eigenvalue weighted by molar-refractivity contribution is -0.133. The Bertz CT molecular complexity index is 576. The second-order valence-electron chi connectivity index (χ2n) is 7.67. The van der Waals surface area contributed by atoms with Gasteiger partial charge in [-0.15, -0.1) is 0 Å². The van der Waals surface area contributed by atoms with E-state index in [-0.39, 0.29) is 5.91 Å². The summed E-state index contributed by atoms with van der Waals surface area (Å²) >= 11 is 0. The third-order valence-electron chi connectivity index (χ3n) is 4.21. The first-order chi connectivity index (χ1) is 12.3. The van der Waals surface area contributed by atoms with Crippen LogP contribution in [0, 0.1) is 0 Å². The molecule has 0 aromatic heterocycles. The lowest BCUT2D eigenvalue weighted by atomic mass is 10.2. The number of hydrogen-bond donors (Lipinski definition) is 1. The van der Waals surface area contributed by atoms with Gasteiger partial charge >= 0.3 is 6.09 Å². The van der Waals surface area contributed by atoms with E-state index in [1.54, 1.807) is 0 Å². The Balaban J connectivity index is 1.60. The van der Waals surface area contributed by atoms with Gasteiger partial charge in [-0.3, -0.25) is 9.69 Å². The fraction of sp³-hybridized carbons (Fsp3) is 0.600. The number of alkyl carbamates (subject to hydrolysis) is 1. The van der Waals surface area contributed by atoms with E-state index in [1.807, 2.05) is 31.7 Å². The van der Waals surface area contributed by atoms with Crippen LogP contribution in [0.1, 0.15) is 39.2 Å². The zero-order valence-corrected chi connectivity index (χ0v) is 16.2. The molecule has 1 fully saturated rings. The van der Waals surface area contributed by atoms with E-state index in [9.17, 15) is 9.59 Å². The maximum absolute atomic E-state index is 12.3. The van der Waals surface area contributed by atoms with Crippen molar-refractivity contribution in [1.29, 1.82) is 0 Å². The Morgan fingerprint density at radius 2 is 1.73 bits per heavy atom. The molecule has 0 atom stereocenters. The summed E-state index contributed by atoms with van der Waals surface area (Å²) in [5, 5.41) is 2.69. The standard InChI is InChI=1S/C20H31N3O3/c1-20(2,3)26-19(25)21-11-7-10-18(24)23-14-12-22(13-15-23)16-17-8-5-4-6-9-17/h4-6,8-9H,7,10-16H2,1-3H3,(H,21,25). The minimum atomic E-state index is -0.501. The van der Waals surface area contributed by atoms with Gasteiger partial charge in [-0.25, -0.2) is 4.79 Å². The molecule has 6 nitrogen and oxygen atoms in total. The number of nitrogens with one attached hydrogen (secondary N) is 1. The van der Waals surface area contributed by atoms with Gasteiger partial charge in [0.2, 0.25) is 5.91 Å². The van der Waals surface area contributed by atoms with Gasteiger partial charge < -0.3 is 15.0 Å². The van der Waals surface area contributed by atoms with Gasteiger partial charge in [0.25, 0.3) is 0 Å². The number of amides is 2. The predicted molar refractivity (Wildman–Crippen MR) is 102 cm³/mol. The first-order valence-electron chi connectivity index (χ1n) is 9.34. The van der Waals surface area contributed by atoms with Crippen LogP contribution in [0.15, 0.2) is 30.3 Å². The molecule has 0 unspecified atom stereocenters. The van der Waals surface area contributed by atoms with Crippen LogP contribution in [0.25, 0.3) is 0 Å². The largest absolute Gasteiger partial charge is 0.444 e. The quantitative estimate of drug-likeness (QED) is 0.791. The van der Waals surface area contributed by atoms with E-state index < -0.39 is 11.7 Å². The van der Waals surface area contributed by atoms with Crippen molar-refractivity contribution in [3.05, 3.63) is 35.9 Å². The van der Waals surface area contributed by atoms with Crippen LogP contribution < -0.4 is 5.32 Å². The highest BCUT2D eigenvalue weighted by molar-refractivity contribution is 5.76. The first kappa shape index (κ1) is 20.2. The fourth-order valence-corrected chi connectivity index (χ4v) is 2.90. The van der Waals surface area contributed by atoms with Crippen LogP contribution in [0.4, 0.5) is 4.79 Å². The van der Waals surface area contributed by atoms with Crippen molar-refractivity contribution >= 4 is 12.0 Å². The summed E-state index contributed by atoms with van der Waals surface area (Å²) in [6.45, 7) is 10.2. The van der Waals surface area contributed by atoms with Crippen LogP contribution in [0.2, 0.25) is 0 Å². The summed E-state index contributed by atoms with van der Waals surface area (Å²) in [4.78, 5) is 28.2. The van der Waals surface area contributed by atoms with E-state index in [1.165, 1.54) is 5.56 Å². The second kappa shape index (κ2) is 9.57. The maximum Gasteiger partial charge on any atom is 0.407 e. The van der Waals surface area contributed by atoms with Gasteiger partial charge in [0.1, 0.15) is 5.60 Å². The Kier molecular flexibility index (Phi) is 7.45. The molecule has 1 heterocycles. The number of hydrogen-bond acceptors (Lipinski definition) is 4. The number of carbonyl (C=O) groups excluding carboxylic acids is 2. The molecule has 1 saturated heterocycles. The van der Waals surface area contributed by atoms with Crippen LogP contribution in [-0.2, 0) is 16.1 Å². The highest BCUT2D eigenvalue weighted by Gasteiger charge is 2.21. The first-order valence-corrected chi connectivity index (χ1v) is 9.34. The number of piperazine rings is 1. The summed E-state index contributed by atoms with van der Waals surface area (Å²) in [6.07, 6.45) is 0.649. The fourth-order valence-electron chi connectivity index (χ4n) is 2.90. The highest BCUT2D eigenvalue weighted by atomic mass is 16.6. The summed E-state index contributed by atoms with van der Waals surface area (Å²) in [5.74, 6) is 0.162. The molecule has 1 aliphatic rings. The molecule has 1 N–H and O–H groups in total. The molecule has 6 heteroatoms. The van der Waals surface area contributed by atoms with Crippen LogP contribution in [0.5, 0.6) is 0 Å². The molecule has 144 valence electrons. The molecule has 0 aliphatic carbocycles. The molecule has 26 heavy (non-hydrogen) atoms. The lowest BCUT2D eigenvalue weighted by Crippen LogP contribution is -2.48. The Morgan fingerprint density at radius 1 is 1.08 bits per heavy atom. The monoisotopic (exact) mass is 361 g/mol. The molecule has 0 saturated carbocycles. The van der Waals surface area contributed by atoms with Crippen LogP contribution >= 0.6 is 0 Å². The van der Waals surface area contributed by atoms with Crippen LogP contribution in [0.3, 0.4) is 0 Å². The summed E-state index contributed by atoms with van der Waals surface area (Å²) < 4.78 is 5.17. The van der Waals surface area contributed by atoms with Crippen LogP contribution in [-0.4, -0.2) is 60.1 Å². The third kappa shape index (κ3) is 7.44. The SMILES string of the molecule is CC(C)(C)OC(=O)NCCCC(=O)N1CCN(Cc2ccccc2)CC1. The third-order valence-corrected chi connectivity index (χ3v) is 4.21. The lowest BCUT2D eigenvalue weighted by Gasteiger charge is -2.34. The normalized spacial score (nSPS) is 15.6. The predicted octanol–water partition coefficient (Wildman–Crippen LogP) is 2.64. The van der Waals surface area contributed by atoms with Gasteiger partial charge in [-0.1, -0.05) is 30.3 Å². The van der Waals surface area contributed by atoms with Crippen molar-refractivity contribution in [2.45, 2.75) is 45.8 Å². The average molecular weight is 361 g/mol. The van der Waals surface area contributed by atoms with Gasteiger partial charge in [0.05, 0.1) is 0 Å². The van der Waals surface area contributed by atoms with Gasteiger partial charge in [-0.05, 0) is 32.8 Å². The van der Waals surface area contributed by atoms with Crippen molar-refractivity contribution in [2.24, 2.45) is 0 Å². The molecule has 2 rings (SSSR count). The molecule has 0 bridgehead atoms. The maximum atomic E-state index is 12.3. The van der Waals surface area contributed by atoms with Crippen molar-refractivity contribution in [2.75, 3.05) is 32.7 Å². The molecule has 1 aliphatic heterocycles. The van der Waals surface area contributed by atoms with Gasteiger partial charge in [-0.2, -0.15) is 0 Å². The summed E-state index contributed by atoms with van der Waals surface area (Å²) in [6, 6.07) is 10.4. The molecular formula is C20H31N3O3. The highest BCUT2D eigenvalue weighted by Crippen LogP contribution is 2.10. The van der Waals surface area contributed by atoms with Crippen molar-refractivity contribution < 1.29 is 14.3 Å². The topological polar surface area (TPSA) is 61.9 Å². The van der Waals surface area contributed by atoms with E-state index in [0.717, 1.165) is 32.7 Å². The Hall–Kier alpha value is -2.08. The number of nitrogens with zero attached hydrogens (tertiary/aromatic N) is 2. The summed E-state index contributed by atoms with van der Waals surface area (Å²) in [7, 11) is 0.